The van der Waals surface area contributed by atoms with Crippen LogP contribution in [0.5, 0.6) is 0 Å². The number of benzene rings is 2. The SMILES string of the molecule is CCNC(=O)[C@H]1O[C@@H](n2cnc3c(NCC(c4ccccc4)c4ccccc4)nc(Cl)nc32)[C@H](OC(=O)C(F)(F)F)[C@@H]1O. The summed E-state index contributed by atoms with van der Waals surface area (Å²) < 4.78 is 50.7. The summed E-state index contributed by atoms with van der Waals surface area (Å²) in [5.41, 5.74) is 2.23. The molecule has 226 valence electrons. The van der Waals surface area contributed by atoms with Crippen molar-refractivity contribution < 1.29 is 37.3 Å². The number of aliphatic hydroxyl groups is 1. The average Bonchev–Trinajstić information content (AvgIpc) is 3.54. The molecule has 3 heterocycles. The molecule has 4 atom stereocenters. The Bertz CT molecular complexity index is 1550. The maximum Gasteiger partial charge on any atom is 0.490 e. The number of aliphatic hydroxyl groups excluding tert-OH is 1. The smallest absolute Gasteiger partial charge is 0.448 e. The van der Waals surface area contributed by atoms with Crippen LogP contribution in [0, 0.1) is 0 Å². The summed E-state index contributed by atoms with van der Waals surface area (Å²) in [7, 11) is 0. The third-order valence-corrected chi connectivity index (χ3v) is 7.01. The molecule has 0 bridgehead atoms. The molecule has 43 heavy (non-hydrogen) atoms. The van der Waals surface area contributed by atoms with Gasteiger partial charge in [0.05, 0.1) is 6.33 Å². The maximum absolute atomic E-state index is 13.1. The number of carbonyl (C=O) groups excluding carboxylic acids is 2. The van der Waals surface area contributed by atoms with E-state index in [1.807, 2.05) is 60.7 Å². The molecule has 5 rings (SSSR count). The zero-order valence-corrected chi connectivity index (χ0v) is 23.3. The van der Waals surface area contributed by atoms with Crippen molar-refractivity contribution in [3.63, 3.8) is 0 Å². The first-order valence-electron chi connectivity index (χ1n) is 13.2. The third kappa shape index (κ3) is 6.40. The summed E-state index contributed by atoms with van der Waals surface area (Å²) in [6.07, 6.45) is -11.3. The van der Waals surface area contributed by atoms with E-state index in [0.29, 0.717) is 6.54 Å². The summed E-state index contributed by atoms with van der Waals surface area (Å²) in [4.78, 5) is 37.0. The number of rotatable bonds is 9. The fourth-order valence-electron chi connectivity index (χ4n) is 4.88. The normalized spacial score (nSPS) is 20.3. The number of hydrogen-bond donors (Lipinski definition) is 3. The Morgan fingerprint density at radius 1 is 1.09 bits per heavy atom. The predicted molar refractivity (Wildman–Crippen MR) is 148 cm³/mol. The van der Waals surface area contributed by atoms with Crippen LogP contribution in [-0.2, 0) is 19.1 Å². The van der Waals surface area contributed by atoms with Crippen molar-refractivity contribution in [3.05, 3.63) is 83.4 Å². The lowest BCUT2D eigenvalue weighted by atomic mass is 9.91. The Kier molecular flexibility index (Phi) is 8.80. The molecule has 15 heteroatoms. The molecule has 0 radical (unpaired) electrons. The average molecular weight is 619 g/mol. The number of carbonyl (C=O) groups is 2. The molecule has 0 aliphatic carbocycles. The van der Waals surface area contributed by atoms with E-state index in [2.05, 4.69) is 30.3 Å². The van der Waals surface area contributed by atoms with E-state index in [1.54, 1.807) is 6.92 Å². The van der Waals surface area contributed by atoms with E-state index in [-0.39, 0.29) is 34.7 Å². The van der Waals surface area contributed by atoms with E-state index < -0.39 is 42.6 Å². The van der Waals surface area contributed by atoms with Crippen molar-refractivity contribution in [2.75, 3.05) is 18.4 Å². The highest BCUT2D eigenvalue weighted by Crippen LogP contribution is 2.36. The van der Waals surface area contributed by atoms with Crippen LogP contribution in [0.2, 0.25) is 5.28 Å². The lowest BCUT2D eigenvalue weighted by Gasteiger charge is -2.22. The van der Waals surface area contributed by atoms with Gasteiger partial charge in [-0.3, -0.25) is 9.36 Å². The Balaban J connectivity index is 1.49. The van der Waals surface area contributed by atoms with Crippen molar-refractivity contribution in [3.8, 4) is 0 Å². The van der Waals surface area contributed by atoms with Gasteiger partial charge in [-0.15, -0.1) is 0 Å². The summed E-state index contributed by atoms with van der Waals surface area (Å²) in [5, 5.41) is 16.2. The molecule has 2 aromatic heterocycles. The quantitative estimate of drug-likeness (QED) is 0.190. The van der Waals surface area contributed by atoms with Crippen LogP contribution in [0.25, 0.3) is 11.2 Å². The van der Waals surface area contributed by atoms with Crippen molar-refractivity contribution in [2.24, 2.45) is 0 Å². The monoisotopic (exact) mass is 618 g/mol. The van der Waals surface area contributed by atoms with E-state index in [0.717, 1.165) is 15.7 Å². The lowest BCUT2D eigenvalue weighted by molar-refractivity contribution is -0.211. The third-order valence-electron chi connectivity index (χ3n) is 6.84. The Morgan fingerprint density at radius 3 is 2.30 bits per heavy atom. The van der Waals surface area contributed by atoms with E-state index >= 15 is 0 Å². The molecule has 3 N–H and O–H groups in total. The first-order chi connectivity index (χ1) is 20.6. The fourth-order valence-corrected chi connectivity index (χ4v) is 5.04. The van der Waals surface area contributed by atoms with E-state index in [4.69, 9.17) is 16.3 Å². The van der Waals surface area contributed by atoms with Crippen molar-refractivity contribution in [1.82, 2.24) is 24.8 Å². The zero-order chi connectivity index (χ0) is 30.7. The van der Waals surface area contributed by atoms with Gasteiger partial charge >= 0.3 is 12.1 Å². The van der Waals surface area contributed by atoms with Crippen molar-refractivity contribution in [2.45, 2.75) is 43.6 Å². The molecule has 0 spiro atoms. The Hall–Kier alpha value is -4.27. The minimum atomic E-state index is -5.36. The standard InChI is InChI=1S/C28H26ClF3N6O5/c1-2-33-24(40)20-19(39)21(43-26(41)28(30,31)32)25(42-20)38-14-35-18-22(36-27(29)37-23(18)38)34-13-17(15-9-5-3-6-10-15)16-11-7-4-8-12-16/h3-12,14,17,19-21,25,39H,2,13H2,1H3,(H,33,40)(H,34,36,37)/t19-,20+,21-,25-/m1/s1. The number of aromatic nitrogens is 4. The number of fused-ring (bicyclic) bond motifs is 1. The number of imidazole rings is 1. The van der Waals surface area contributed by atoms with Gasteiger partial charge in [0.25, 0.3) is 5.91 Å². The molecule has 1 aliphatic rings. The largest absolute Gasteiger partial charge is 0.490 e. The van der Waals surface area contributed by atoms with Gasteiger partial charge in [0.15, 0.2) is 35.4 Å². The highest BCUT2D eigenvalue weighted by atomic mass is 35.5. The van der Waals surface area contributed by atoms with Crippen LogP contribution in [0.4, 0.5) is 19.0 Å². The number of anilines is 1. The van der Waals surface area contributed by atoms with Crippen LogP contribution in [0.15, 0.2) is 67.0 Å². The number of esters is 1. The second kappa shape index (κ2) is 12.5. The molecule has 1 fully saturated rings. The van der Waals surface area contributed by atoms with E-state index in [9.17, 15) is 27.9 Å². The van der Waals surface area contributed by atoms with Gasteiger partial charge in [-0.1, -0.05) is 60.7 Å². The minimum absolute atomic E-state index is 0.000259. The summed E-state index contributed by atoms with van der Waals surface area (Å²) in [6, 6.07) is 19.5. The number of hydrogen-bond acceptors (Lipinski definition) is 9. The van der Waals surface area contributed by atoms with E-state index in [1.165, 1.54) is 6.33 Å². The fraction of sp³-hybridized carbons (Fsp3) is 0.321. The molecule has 1 aliphatic heterocycles. The Morgan fingerprint density at radius 2 is 1.72 bits per heavy atom. The first kappa shape index (κ1) is 30.2. The van der Waals surface area contributed by atoms with Gasteiger partial charge in [-0.2, -0.15) is 23.1 Å². The number of nitrogens with zero attached hydrogens (tertiary/aromatic N) is 4. The van der Waals surface area contributed by atoms with Crippen LogP contribution in [-0.4, -0.2) is 74.1 Å². The van der Waals surface area contributed by atoms with Gasteiger partial charge in [-0.05, 0) is 29.7 Å². The second-order valence-corrected chi connectivity index (χ2v) is 9.96. The van der Waals surface area contributed by atoms with Crippen LogP contribution >= 0.6 is 11.6 Å². The summed E-state index contributed by atoms with van der Waals surface area (Å²) >= 11 is 6.25. The van der Waals surface area contributed by atoms with Gasteiger partial charge in [-0.25, -0.2) is 9.78 Å². The van der Waals surface area contributed by atoms with Gasteiger partial charge < -0.3 is 25.2 Å². The summed E-state index contributed by atoms with van der Waals surface area (Å²) in [5.74, 6) is -3.26. The number of halogens is 4. The molecule has 1 saturated heterocycles. The van der Waals surface area contributed by atoms with Gasteiger partial charge in [0.1, 0.15) is 6.10 Å². The molecule has 0 unspecified atom stereocenters. The number of ether oxygens (including phenoxy) is 2. The second-order valence-electron chi connectivity index (χ2n) is 9.62. The van der Waals surface area contributed by atoms with Gasteiger partial charge in [0, 0.05) is 19.0 Å². The maximum atomic E-state index is 13.1. The molecule has 2 aromatic carbocycles. The molecule has 4 aromatic rings. The number of amides is 1. The molecule has 0 saturated carbocycles. The minimum Gasteiger partial charge on any atom is -0.448 e. The van der Waals surface area contributed by atoms with Crippen LogP contribution < -0.4 is 10.6 Å². The Labute approximate surface area is 248 Å². The molecular formula is C28H26ClF3N6O5. The van der Waals surface area contributed by atoms with Crippen LogP contribution in [0.1, 0.15) is 30.2 Å². The van der Waals surface area contributed by atoms with Gasteiger partial charge in [0.2, 0.25) is 5.28 Å². The molecule has 1 amide bonds. The van der Waals surface area contributed by atoms with Crippen molar-refractivity contribution in [1.29, 1.82) is 0 Å². The lowest BCUT2D eigenvalue weighted by Crippen LogP contribution is -2.44. The topological polar surface area (TPSA) is 140 Å². The van der Waals surface area contributed by atoms with Crippen molar-refractivity contribution >= 4 is 40.5 Å². The molecular weight excluding hydrogens is 593 g/mol. The number of alkyl halides is 3. The summed E-state index contributed by atoms with van der Waals surface area (Å²) in [6.45, 7) is 2.11. The highest BCUT2D eigenvalue weighted by Gasteiger charge is 2.53. The predicted octanol–water partition coefficient (Wildman–Crippen LogP) is 3.59. The first-order valence-corrected chi connectivity index (χ1v) is 13.6. The highest BCUT2D eigenvalue weighted by molar-refractivity contribution is 6.28. The number of nitrogens with one attached hydrogen (secondary N) is 2. The van der Waals surface area contributed by atoms with Crippen LogP contribution in [0.3, 0.4) is 0 Å². The molecule has 11 nitrogen and oxygen atoms in total. The number of likely N-dealkylation sites (N-methyl/N-ethyl adjacent to an activating group) is 1. The zero-order valence-electron chi connectivity index (χ0n) is 22.5.